The first-order chi connectivity index (χ1) is 9.47. The normalized spacial score (nSPS) is 17.4. The molecule has 6 heteroatoms. The number of carbonyl (C=O) groups is 2. The Kier molecular flexibility index (Phi) is 4.44. The molecule has 0 bridgehead atoms. The summed E-state index contributed by atoms with van der Waals surface area (Å²) < 4.78 is 0. The lowest BCUT2D eigenvalue weighted by atomic mass is 10.0. The van der Waals surface area contributed by atoms with Crippen molar-refractivity contribution in [2.24, 2.45) is 0 Å². The number of hydrogen-bond donors (Lipinski definition) is 3. The molecule has 0 aromatic carbocycles. The van der Waals surface area contributed by atoms with E-state index in [2.05, 4.69) is 29.0 Å². The minimum Gasteiger partial charge on any atom is -0.477 e. The Bertz CT molecular complexity index is 488. The van der Waals surface area contributed by atoms with Crippen LogP contribution in [-0.4, -0.2) is 52.0 Å². The number of likely N-dealkylation sites (tertiary alicyclic amines) is 1. The van der Waals surface area contributed by atoms with Crippen molar-refractivity contribution in [2.75, 3.05) is 13.1 Å². The zero-order valence-electron chi connectivity index (χ0n) is 11.8. The highest BCUT2D eigenvalue weighted by atomic mass is 16.4. The first-order valence-corrected chi connectivity index (χ1v) is 6.94. The van der Waals surface area contributed by atoms with Gasteiger partial charge in [-0.1, -0.05) is 0 Å². The van der Waals surface area contributed by atoms with Crippen LogP contribution < -0.4 is 5.32 Å². The number of rotatable bonds is 4. The zero-order chi connectivity index (χ0) is 14.7. The highest BCUT2D eigenvalue weighted by Crippen LogP contribution is 2.14. The van der Waals surface area contributed by atoms with Gasteiger partial charge in [0.15, 0.2) is 0 Å². The molecule has 1 amide bonds. The van der Waals surface area contributed by atoms with Gasteiger partial charge in [-0.15, -0.1) is 0 Å². The number of nitrogens with zero attached hydrogens (tertiary/aromatic N) is 1. The predicted octanol–water partition coefficient (Wildman–Crippen LogP) is 1.32. The number of hydrogen-bond acceptors (Lipinski definition) is 3. The number of carboxylic acid groups (broad SMARTS) is 1. The molecular formula is C14H21N3O3. The van der Waals surface area contributed by atoms with Gasteiger partial charge < -0.3 is 20.3 Å². The van der Waals surface area contributed by atoms with Gasteiger partial charge in [-0.25, -0.2) is 4.79 Å². The summed E-state index contributed by atoms with van der Waals surface area (Å²) in [6, 6.07) is 2.07. The van der Waals surface area contributed by atoms with E-state index in [1.807, 2.05) is 0 Å². The molecule has 0 radical (unpaired) electrons. The van der Waals surface area contributed by atoms with E-state index in [-0.39, 0.29) is 17.6 Å². The van der Waals surface area contributed by atoms with Crippen LogP contribution in [0.15, 0.2) is 12.3 Å². The van der Waals surface area contributed by atoms with Crippen molar-refractivity contribution in [3.63, 3.8) is 0 Å². The molecule has 3 N–H and O–H groups in total. The average molecular weight is 279 g/mol. The second kappa shape index (κ2) is 6.09. The standard InChI is InChI=1S/C14H21N3O3/c1-9(2)17-5-3-11(4-6-17)16-13(18)10-7-12(14(19)20)15-8-10/h7-9,11,15H,3-6H2,1-2H3,(H,16,18)(H,19,20). The zero-order valence-corrected chi connectivity index (χ0v) is 11.8. The largest absolute Gasteiger partial charge is 0.477 e. The summed E-state index contributed by atoms with van der Waals surface area (Å²) >= 11 is 0. The maximum absolute atomic E-state index is 12.0. The van der Waals surface area contributed by atoms with Crippen LogP contribution in [0.5, 0.6) is 0 Å². The molecule has 1 aliphatic heterocycles. The highest BCUT2D eigenvalue weighted by Gasteiger charge is 2.23. The van der Waals surface area contributed by atoms with Gasteiger partial charge in [0.2, 0.25) is 0 Å². The number of aromatic amines is 1. The van der Waals surface area contributed by atoms with Crippen LogP contribution in [0.2, 0.25) is 0 Å². The van der Waals surface area contributed by atoms with Gasteiger partial charge in [-0.3, -0.25) is 4.79 Å². The van der Waals surface area contributed by atoms with E-state index in [0.717, 1.165) is 25.9 Å². The molecule has 1 aromatic rings. The molecule has 1 aromatic heterocycles. The van der Waals surface area contributed by atoms with Crippen molar-refractivity contribution < 1.29 is 14.7 Å². The van der Waals surface area contributed by atoms with Crippen LogP contribution in [0.25, 0.3) is 0 Å². The Balaban J connectivity index is 1.87. The lowest BCUT2D eigenvalue weighted by Gasteiger charge is -2.34. The van der Waals surface area contributed by atoms with Crippen molar-refractivity contribution in [3.8, 4) is 0 Å². The summed E-state index contributed by atoms with van der Waals surface area (Å²) in [6.07, 6.45) is 3.29. The van der Waals surface area contributed by atoms with E-state index in [9.17, 15) is 9.59 Å². The fraction of sp³-hybridized carbons (Fsp3) is 0.571. The third-order valence-corrected chi connectivity index (χ3v) is 3.77. The maximum atomic E-state index is 12.0. The van der Waals surface area contributed by atoms with Crippen LogP contribution in [-0.2, 0) is 0 Å². The van der Waals surface area contributed by atoms with Crippen molar-refractivity contribution in [1.82, 2.24) is 15.2 Å². The van der Waals surface area contributed by atoms with Crippen LogP contribution >= 0.6 is 0 Å². The number of carboxylic acids is 1. The van der Waals surface area contributed by atoms with Crippen LogP contribution in [0, 0.1) is 0 Å². The van der Waals surface area contributed by atoms with Crippen LogP contribution in [0.3, 0.4) is 0 Å². The minimum atomic E-state index is -1.06. The van der Waals surface area contributed by atoms with Crippen molar-refractivity contribution in [1.29, 1.82) is 0 Å². The lowest BCUT2D eigenvalue weighted by Crippen LogP contribution is -2.46. The number of piperidine rings is 1. The van der Waals surface area contributed by atoms with Gasteiger partial charge in [0.25, 0.3) is 5.91 Å². The quantitative estimate of drug-likeness (QED) is 0.776. The first-order valence-electron chi connectivity index (χ1n) is 6.94. The molecule has 2 heterocycles. The second-order valence-electron chi connectivity index (χ2n) is 5.48. The van der Waals surface area contributed by atoms with E-state index in [0.29, 0.717) is 11.6 Å². The number of aromatic carboxylic acids is 1. The molecule has 2 rings (SSSR count). The molecule has 1 saturated heterocycles. The number of carbonyl (C=O) groups excluding carboxylic acids is 1. The van der Waals surface area contributed by atoms with Crippen LogP contribution in [0.1, 0.15) is 47.5 Å². The minimum absolute atomic E-state index is 0.0322. The van der Waals surface area contributed by atoms with Crippen molar-refractivity contribution in [2.45, 2.75) is 38.8 Å². The van der Waals surface area contributed by atoms with E-state index in [1.165, 1.54) is 12.3 Å². The Hall–Kier alpha value is -1.82. The predicted molar refractivity (Wildman–Crippen MR) is 74.9 cm³/mol. The van der Waals surface area contributed by atoms with Crippen molar-refractivity contribution in [3.05, 3.63) is 23.5 Å². The van der Waals surface area contributed by atoms with Gasteiger partial charge in [0.05, 0.1) is 5.56 Å². The van der Waals surface area contributed by atoms with E-state index < -0.39 is 5.97 Å². The molecule has 1 fully saturated rings. The van der Waals surface area contributed by atoms with Crippen LogP contribution in [0.4, 0.5) is 0 Å². The Morgan fingerprint density at radius 2 is 2.05 bits per heavy atom. The number of amides is 1. The monoisotopic (exact) mass is 279 g/mol. The molecule has 0 aliphatic carbocycles. The molecule has 6 nitrogen and oxygen atoms in total. The summed E-state index contributed by atoms with van der Waals surface area (Å²) in [5.74, 6) is -1.27. The fourth-order valence-corrected chi connectivity index (χ4v) is 2.48. The second-order valence-corrected chi connectivity index (χ2v) is 5.48. The van der Waals surface area contributed by atoms with Gasteiger partial charge in [-0.05, 0) is 32.8 Å². The SMILES string of the molecule is CC(C)N1CCC(NC(=O)c2c[nH]c(C(=O)O)c2)CC1. The first kappa shape index (κ1) is 14.6. The van der Waals surface area contributed by atoms with E-state index in [4.69, 9.17) is 5.11 Å². The van der Waals surface area contributed by atoms with Gasteiger partial charge >= 0.3 is 5.97 Å². The molecular weight excluding hydrogens is 258 g/mol. The number of H-pyrrole nitrogens is 1. The molecule has 0 spiro atoms. The van der Waals surface area contributed by atoms with Gasteiger partial charge in [0.1, 0.15) is 5.69 Å². The van der Waals surface area contributed by atoms with Gasteiger partial charge in [0, 0.05) is 31.4 Å². The fourth-order valence-electron chi connectivity index (χ4n) is 2.48. The van der Waals surface area contributed by atoms with E-state index >= 15 is 0 Å². The summed E-state index contributed by atoms with van der Waals surface area (Å²) in [6.45, 7) is 6.31. The summed E-state index contributed by atoms with van der Waals surface area (Å²) in [5.41, 5.74) is 0.401. The topological polar surface area (TPSA) is 85.4 Å². The maximum Gasteiger partial charge on any atom is 0.352 e. The highest BCUT2D eigenvalue weighted by molar-refractivity contribution is 5.97. The van der Waals surface area contributed by atoms with Gasteiger partial charge in [-0.2, -0.15) is 0 Å². The lowest BCUT2D eigenvalue weighted by molar-refractivity contribution is 0.0691. The Morgan fingerprint density at radius 1 is 1.40 bits per heavy atom. The smallest absolute Gasteiger partial charge is 0.352 e. The molecule has 0 atom stereocenters. The Morgan fingerprint density at radius 3 is 2.55 bits per heavy atom. The molecule has 0 saturated carbocycles. The van der Waals surface area contributed by atoms with E-state index in [1.54, 1.807) is 0 Å². The molecule has 0 unspecified atom stereocenters. The third kappa shape index (κ3) is 3.39. The number of aromatic nitrogens is 1. The summed E-state index contributed by atoms with van der Waals surface area (Å²) in [5, 5.41) is 11.8. The average Bonchev–Trinajstić information content (AvgIpc) is 2.89. The van der Waals surface area contributed by atoms with Crippen molar-refractivity contribution >= 4 is 11.9 Å². The number of nitrogens with one attached hydrogen (secondary N) is 2. The Labute approximate surface area is 118 Å². The third-order valence-electron chi connectivity index (χ3n) is 3.77. The summed E-state index contributed by atoms with van der Waals surface area (Å²) in [4.78, 5) is 27.8. The molecule has 1 aliphatic rings. The molecule has 20 heavy (non-hydrogen) atoms. The molecule has 110 valence electrons. The summed E-state index contributed by atoms with van der Waals surface area (Å²) in [7, 11) is 0.